The Kier molecular flexibility index (Phi) is 5.49. The zero-order chi connectivity index (χ0) is 26.1. The van der Waals surface area contributed by atoms with Crippen molar-refractivity contribution in [2.45, 2.75) is 50.5 Å². The summed E-state index contributed by atoms with van der Waals surface area (Å²) >= 11 is 1.40. The molecule has 2 atom stereocenters. The van der Waals surface area contributed by atoms with Crippen LogP contribution in [0.15, 0.2) is 30.5 Å². The molecule has 1 aliphatic carbocycles. The SMILES string of the molecule is Nc1nc2c(-c3ncc4c(N5CC6CCC(C6)C5)cc(OCC56CCCN5CCC6)nc4c3F)cccc2s1. The third kappa shape index (κ3) is 3.88. The summed E-state index contributed by atoms with van der Waals surface area (Å²) in [4.78, 5) is 19.0. The first kappa shape index (κ1) is 23.8. The van der Waals surface area contributed by atoms with Gasteiger partial charge in [0.2, 0.25) is 5.88 Å². The molecular formula is C30H33FN6OS. The second-order valence-electron chi connectivity index (χ2n) is 12.0. The van der Waals surface area contributed by atoms with Crippen LogP contribution in [-0.2, 0) is 0 Å². The van der Waals surface area contributed by atoms with E-state index in [0.717, 1.165) is 54.8 Å². The zero-order valence-corrected chi connectivity index (χ0v) is 22.9. The average Bonchev–Trinajstić information content (AvgIpc) is 3.70. The number of rotatable bonds is 5. The standard InChI is InChI=1S/C30H33FN6OS/c31-25-27(20-4-1-5-23-26(20)35-29(32)39-23)33-14-21-22(36-15-18-6-7-19(12-18)16-36)13-24(34-28(21)25)38-17-30-8-2-10-37(30)11-3-9-30/h1,4-5,13-14,18-19H,2-3,6-12,15-17H2,(H2,32,35). The summed E-state index contributed by atoms with van der Waals surface area (Å²) in [7, 11) is 0. The summed E-state index contributed by atoms with van der Waals surface area (Å²) in [5.41, 5.74) is 8.97. The number of anilines is 2. The van der Waals surface area contributed by atoms with Crippen LogP contribution < -0.4 is 15.4 Å². The smallest absolute Gasteiger partial charge is 0.216 e. The number of para-hydroxylation sites is 1. The van der Waals surface area contributed by atoms with Gasteiger partial charge in [0, 0.05) is 36.3 Å². The number of benzene rings is 1. The van der Waals surface area contributed by atoms with Gasteiger partial charge in [-0.15, -0.1) is 0 Å². The molecule has 7 nitrogen and oxygen atoms in total. The summed E-state index contributed by atoms with van der Waals surface area (Å²) in [6, 6.07) is 7.75. The molecule has 3 aromatic heterocycles. The molecule has 8 rings (SSSR count). The van der Waals surface area contributed by atoms with Gasteiger partial charge in [-0.25, -0.2) is 14.4 Å². The number of nitrogens with two attached hydrogens (primary N) is 1. The first-order valence-electron chi connectivity index (χ1n) is 14.3. The van der Waals surface area contributed by atoms with E-state index in [1.807, 2.05) is 24.3 Å². The molecule has 1 aromatic carbocycles. The van der Waals surface area contributed by atoms with Crippen molar-refractivity contribution < 1.29 is 9.13 Å². The fraction of sp³-hybridized carbons (Fsp3) is 0.500. The van der Waals surface area contributed by atoms with E-state index >= 15 is 4.39 Å². The highest BCUT2D eigenvalue weighted by Gasteiger charge is 2.45. The fourth-order valence-electron chi connectivity index (χ4n) is 7.87. The summed E-state index contributed by atoms with van der Waals surface area (Å²) in [6.07, 6.45) is 10.4. The van der Waals surface area contributed by atoms with Gasteiger partial charge in [0.1, 0.15) is 17.8 Å². The number of nitrogens with zero attached hydrogens (tertiary/aromatic N) is 5. The van der Waals surface area contributed by atoms with Gasteiger partial charge in [-0.1, -0.05) is 23.5 Å². The molecule has 202 valence electrons. The van der Waals surface area contributed by atoms with Gasteiger partial charge in [-0.3, -0.25) is 9.88 Å². The molecule has 4 aliphatic rings. The minimum absolute atomic E-state index is 0.100. The molecule has 2 unspecified atom stereocenters. The van der Waals surface area contributed by atoms with Crippen LogP contribution in [0.1, 0.15) is 44.9 Å². The molecule has 3 aliphatic heterocycles. The molecule has 9 heteroatoms. The van der Waals surface area contributed by atoms with Crippen molar-refractivity contribution in [2.75, 3.05) is 43.4 Å². The van der Waals surface area contributed by atoms with Crippen molar-refractivity contribution in [3.8, 4) is 17.1 Å². The van der Waals surface area contributed by atoms with Gasteiger partial charge in [0.05, 0.1) is 21.4 Å². The maximum absolute atomic E-state index is 16.5. The van der Waals surface area contributed by atoms with Crippen molar-refractivity contribution in [1.29, 1.82) is 0 Å². The Bertz CT molecular complexity index is 1570. The monoisotopic (exact) mass is 544 g/mol. The van der Waals surface area contributed by atoms with Crippen LogP contribution in [0.5, 0.6) is 5.88 Å². The lowest BCUT2D eigenvalue weighted by molar-refractivity contribution is 0.111. The number of nitrogen functional groups attached to an aromatic ring is 1. The topological polar surface area (TPSA) is 80.4 Å². The Morgan fingerprint density at radius 3 is 2.67 bits per heavy atom. The molecule has 6 heterocycles. The lowest BCUT2D eigenvalue weighted by Crippen LogP contribution is -2.43. The summed E-state index contributed by atoms with van der Waals surface area (Å²) in [5.74, 6) is 1.48. The van der Waals surface area contributed by atoms with Crippen molar-refractivity contribution in [1.82, 2.24) is 19.9 Å². The highest BCUT2D eigenvalue weighted by atomic mass is 32.1. The molecule has 0 radical (unpaired) electrons. The first-order valence-corrected chi connectivity index (χ1v) is 15.2. The van der Waals surface area contributed by atoms with Crippen molar-refractivity contribution in [3.05, 3.63) is 36.3 Å². The summed E-state index contributed by atoms with van der Waals surface area (Å²) in [5, 5.41) is 1.21. The molecule has 0 spiro atoms. The lowest BCUT2D eigenvalue weighted by atomic mass is 9.95. The quantitative estimate of drug-likeness (QED) is 0.337. The third-order valence-corrected chi connectivity index (χ3v) is 10.5. The molecule has 2 N–H and O–H groups in total. The number of hydrogen-bond donors (Lipinski definition) is 1. The van der Waals surface area contributed by atoms with E-state index in [1.54, 1.807) is 6.20 Å². The van der Waals surface area contributed by atoms with E-state index in [1.165, 1.54) is 43.4 Å². The van der Waals surface area contributed by atoms with Gasteiger partial charge in [-0.2, -0.15) is 0 Å². The minimum atomic E-state index is -0.431. The largest absolute Gasteiger partial charge is 0.476 e. The normalized spacial score (nSPS) is 24.2. The van der Waals surface area contributed by atoms with Crippen molar-refractivity contribution in [2.24, 2.45) is 11.8 Å². The van der Waals surface area contributed by atoms with Crippen LogP contribution in [0, 0.1) is 17.7 Å². The average molecular weight is 545 g/mol. The summed E-state index contributed by atoms with van der Waals surface area (Å²) in [6.45, 7) is 4.88. The predicted molar refractivity (Wildman–Crippen MR) is 154 cm³/mol. The Morgan fingerprint density at radius 1 is 1.08 bits per heavy atom. The molecule has 4 fully saturated rings. The second-order valence-corrected chi connectivity index (χ2v) is 13.1. The Morgan fingerprint density at radius 2 is 1.87 bits per heavy atom. The van der Waals surface area contributed by atoms with Gasteiger partial charge in [0.25, 0.3) is 0 Å². The van der Waals surface area contributed by atoms with E-state index in [0.29, 0.717) is 46.1 Å². The second kappa shape index (κ2) is 8.99. The summed E-state index contributed by atoms with van der Waals surface area (Å²) < 4.78 is 23.9. The Labute approximate surface area is 231 Å². The number of piperidine rings is 1. The van der Waals surface area contributed by atoms with Gasteiger partial charge < -0.3 is 15.4 Å². The first-order chi connectivity index (χ1) is 19.1. The fourth-order valence-corrected chi connectivity index (χ4v) is 8.63. The number of aromatic nitrogens is 3. The van der Waals surface area contributed by atoms with E-state index in [9.17, 15) is 0 Å². The molecule has 39 heavy (non-hydrogen) atoms. The number of ether oxygens (including phenoxy) is 1. The van der Waals surface area contributed by atoms with Crippen LogP contribution in [0.3, 0.4) is 0 Å². The zero-order valence-electron chi connectivity index (χ0n) is 22.0. The maximum atomic E-state index is 16.5. The maximum Gasteiger partial charge on any atom is 0.216 e. The molecule has 4 aromatic rings. The predicted octanol–water partition coefficient (Wildman–Crippen LogP) is 5.87. The molecule has 2 bridgehead atoms. The van der Waals surface area contributed by atoms with Crippen LogP contribution in [0.2, 0.25) is 0 Å². The van der Waals surface area contributed by atoms with Gasteiger partial charge >= 0.3 is 0 Å². The number of hydrogen-bond acceptors (Lipinski definition) is 8. The van der Waals surface area contributed by atoms with E-state index in [2.05, 4.69) is 19.8 Å². The highest BCUT2D eigenvalue weighted by molar-refractivity contribution is 7.22. The van der Waals surface area contributed by atoms with Gasteiger partial charge in [0.15, 0.2) is 10.9 Å². The van der Waals surface area contributed by atoms with Crippen molar-refractivity contribution >= 4 is 43.3 Å². The van der Waals surface area contributed by atoms with Crippen molar-refractivity contribution in [3.63, 3.8) is 0 Å². The number of thiazole rings is 1. The molecule has 3 saturated heterocycles. The van der Waals surface area contributed by atoms with Crippen LogP contribution >= 0.6 is 11.3 Å². The number of halogens is 1. The van der Waals surface area contributed by atoms with E-state index in [-0.39, 0.29) is 11.2 Å². The van der Waals surface area contributed by atoms with Crippen LogP contribution in [-0.4, -0.2) is 58.2 Å². The lowest BCUT2D eigenvalue weighted by Gasteiger charge is -2.35. The van der Waals surface area contributed by atoms with Crippen LogP contribution in [0.4, 0.5) is 15.2 Å². The number of pyridine rings is 2. The molecule has 1 saturated carbocycles. The minimum Gasteiger partial charge on any atom is -0.476 e. The van der Waals surface area contributed by atoms with E-state index < -0.39 is 5.82 Å². The van der Waals surface area contributed by atoms with E-state index in [4.69, 9.17) is 15.5 Å². The third-order valence-electron chi connectivity index (χ3n) is 9.69. The Balaban J connectivity index is 1.24. The van der Waals surface area contributed by atoms with Gasteiger partial charge in [-0.05, 0) is 75.9 Å². The van der Waals surface area contributed by atoms with Crippen LogP contribution in [0.25, 0.3) is 32.4 Å². The Hall–Kier alpha value is -3.04. The highest BCUT2D eigenvalue weighted by Crippen LogP contribution is 2.43. The molecule has 0 amide bonds. The number of fused-ring (bicyclic) bond motifs is 5. The molecular weight excluding hydrogens is 511 g/mol.